The fourth-order valence-corrected chi connectivity index (χ4v) is 7.15. The number of hydrogen-bond donors (Lipinski definition) is 0. The highest BCUT2D eigenvalue weighted by Gasteiger charge is 2.20. The highest BCUT2D eigenvalue weighted by Crippen LogP contribution is 2.39. The lowest BCUT2D eigenvalue weighted by atomic mass is 9.84. The van der Waals surface area contributed by atoms with Gasteiger partial charge in [-0.2, -0.15) is 0 Å². The number of hydrogen-bond acceptors (Lipinski definition) is 3. The highest BCUT2D eigenvalue weighted by atomic mass is 14.8. The molecule has 42 heavy (non-hydrogen) atoms. The van der Waals surface area contributed by atoms with Crippen molar-refractivity contribution >= 4 is 22.8 Å². The summed E-state index contributed by atoms with van der Waals surface area (Å²) in [5, 5.41) is 0. The number of benzene rings is 2. The second-order valence-electron chi connectivity index (χ2n) is 12.9. The minimum atomic E-state index is 0.603. The van der Waals surface area contributed by atoms with E-state index in [-0.39, 0.29) is 0 Å². The summed E-state index contributed by atoms with van der Waals surface area (Å²) in [7, 11) is 0. The van der Waals surface area contributed by atoms with Crippen LogP contribution >= 0.6 is 0 Å². The van der Waals surface area contributed by atoms with Crippen LogP contribution in [0.2, 0.25) is 0 Å². The molecule has 0 amide bonds. The summed E-state index contributed by atoms with van der Waals surface area (Å²) in [6, 6.07) is 19.8. The van der Waals surface area contributed by atoms with Crippen LogP contribution in [0.15, 0.2) is 64.6 Å². The van der Waals surface area contributed by atoms with Gasteiger partial charge in [0.15, 0.2) is 0 Å². The Kier molecular flexibility index (Phi) is 10.8. The van der Waals surface area contributed by atoms with E-state index in [2.05, 4.69) is 82.3 Å². The Morgan fingerprint density at radius 3 is 1.29 bits per heavy atom. The molecule has 2 aliphatic carbocycles. The molecule has 0 radical (unpaired) electrons. The van der Waals surface area contributed by atoms with Crippen molar-refractivity contribution in [2.45, 2.75) is 129 Å². The van der Waals surface area contributed by atoms with Crippen LogP contribution in [0, 0.1) is 13.8 Å². The van der Waals surface area contributed by atoms with E-state index in [4.69, 9.17) is 15.0 Å². The number of rotatable bonds is 6. The van der Waals surface area contributed by atoms with Crippen LogP contribution in [0.3, 0.4) is 0 Å². The number of aromatic nitrogens is 1. The van der Waals surface area contributed by atoms with Crippen molar-refractivity contribution in [1.82, 2.24) is 4.98 Å². The maximum Gasteiger partial charge on any atom is 0.0849 e. The normalized spacial score (nSPS) is 18.7. The Hall–Kier alpha value is -3.07. The first-order chi connectivity index (χ1) is 20.5. The molecule has 1 heterocycles. The van der Waals surface area contributed by atoms with E-state index in [1.165, 1.54) is 112 Å². The molecule has 2 fully saturated rings. The third-order valence-electron chi connectivity index (χ3n) is 9.68. The first-order valence-corrected chi connectivity index (χ1v) is 16.8. The molecule has 0 N–H and O–H groups in total. The molecule has 0 atom stereocenters. The van der Waals surface area contributed by atoms with Gasteiger partial charge < -0.3 is 0 Å². The van der Waals surface area contributed by atoms with Gasteiger partial charge in [0, 0.05) is 0 Å². The first kappa shape index (κ1) is 30.4. The molecule has 0 aliphatic heterocycles. The van der Waals surface area contributed by atoms with Crippen LogP contribution < -0.4 is 0 Å². The van der Waals surface area contributed by atoms with Crippen molar-refractivity contribution < 1.29 is 0 Å². The lowest BCUT2D eigenvalue weighted by Crippen LogP contribution is -2.07. The predicted molar refractivity (Wildman–Crippen MR) is 180 cm³/mol. The summed E-state index contributed by atoms with van der Waals surface area (Å²) >= 11 is 0. The monoisotopic (exact) mass is 561 g/mol. The van der Waals surface area contributed by atoms with Crippen molar-refractivity contribution in [3.05, 3.63) is 88.2 Å². The van der Waals surface area contributed by atoms with Crippen molar-refractivity contribution in [2.24, 2.45) is 9.98 Å². The van der Waals surface area contributed by atoms with E-state index < -0.39 is 0 Å². The van der Waals surface area contributed by atoms with E-state index in [1.54, 1.807) is 0 Å². The maximum absolute atomic E-state index is 5.26. The van der Waals surface area contributed by atoms with E-state index in [0.717, 1.165) is 34.2 Å². The summed E-state index contributed by atoms with van der Waals surface area (Å²) in [6.45, 7) is 8.63. The Bertz CT molecular complexity index is 1280. The lowest BCUT2D eigenvalue weighted by Gasteiger charge is -2.22. The molecule has 2 aromatic carbocycles. The standard InChI is InChI=1S/C39H51N3/c1-28-18-15-24-34(32-20-11-7-5-8-12-21-32)38(28)40-30(3)36-26-17-27-37(42-36)31(4)41-39-29(2)19-16-25-35(39)33-22-13-9-6-10-14-23-33/h15-19,24-27,32-33H,5-14,20-23H2,1-4H3. The largest absolute Gasteiger partial charge is 0.251 e. The number of pyridine rings is 1. The topological polar surface area (TPSA) is 37.6 Å². The maximum atomic E-state index is 5.26. The van der Waals surface area contributed by atoms with E-state index in [1.807, 2.05) is 0 Å². The summed E-state index contributed by atoms with van der Waals surface area (Å²) in [5.41, 5.74) is 11.5. The molecule has 0 bridgehead atoms. The van der Waals surface area contributed by atoms with Gasteiger partial charge in [0.1, 0.15) is 0 Å². The molecular weight excluding hydrogens is 510 g/mol. The Balaban J connectivity index is 1.44. The van der Waals surface area contributed by atoms with Crippen LogP contribution in [0.1, 0.15) is 149 Å². The van der Waals surface area contributed by atoms with E-state index in [0.29, 0.717) is 11.8 Å². The third kappa shape index (κ3) is 7.65. The molecule has 2 saturated carbocycles. The van der Waals surface area contributed by atoms with Gasteiger partial charge >= 0.3 is 0 Å². The van der Waals surface area contributed by atoms with E-state index >= 15 is 0 Å². The number of aliphatic imine (C=N–C) groups is 2. The average Bonchev–Trinajstić information content (AvgIpc) is 2.95. The van der Waals surface area contributed by atoms with Crippen LogP contribution in [-0.4, -0.2) is 16.4 Å². The lowest BCUT2D eigenvalue weighted by molar-refractivity contribution is 0.456. The summed E-state index contributed by atoms with van der Waals surface area (Å²) in [4.78, 5) is 15.6. The number of aryl methyl sites for hydroxylation is 2. The number of para-hydroxylation sites is 2. The van der Waals surface area contributed by atoms with Gasteiger partial charge in [0.2, 0.25) is 0 Å². The highest BCUT2D eigenvalue weighted by molar-refractivity contribution is 6.02. The smallest absolute Gasteiger partial charge is 0.0849 e. The third-order valence-corrected chi connectivity index (χ3v) is 9.68. The summed E-state index contributed by atoms with van der Waals surface area (Å²) in [6.07, 6.45) is 18.6. The van der Waals surface area contributed by atoms with Gasteiger partial charge in [-0.3, -0.25) is 9.98 Å². The van der Waals surface area contributed by atoms with Gasteiger partial charge in [0.25, 0.3) is 0 Å². The van der Waals surface area contributed by atoms with Crippen molar-refractivity contribution in [3.8, 4) is 0 Å². The zero-order chi connectivity index (χ0) is 29.3. The Labute approximate surface area is 255 Å². The fraction of sp³-hybridized carbons (Fsp3) is 0.513. The SMILES string of the molecule is CC(=Nc1c(C)cccc1C1CCCCCCC1)c1cccc(C(C)=Nc2c(C)cccc2C2CCCCCCC2)n1. The molecule has 3 nitrogen and oxygen atoms in total. The quantitative estimate of drug-likeness (QED) is 0.276. The van der Waals surface area contributed by atoms with Gasteiger partial charge in [-0.1, -0.05) is 107 Å². The van der Waals surface area contributed by atoms with Crippen LogP contribution in [0.25, 0.3) is 0 Å². The molecule has 0 saturated heterocycles. The van der Waals surface area contributed by atoms with Crippen molar-refractivity contribution in [1.29, 1.82) is 0 Å². The molecule has 1 aromatic heterocycles. The second kappa shape index (κ2) is 14.9. The summed E-state index contributed by atoms with van der Waals surface area (Å²) in [5.74, 6) is 1.21. The van der Waals surface area contributed by atoms with E-state index in [9.17, 15) is 0 Å². The van der Waals surface area contributed by atoms with Gasteiger partial charge in [-0.05, 0) is 99.6 Å². The van der Waals surface area contributed by atoms with Gasteiger partial charge in [-0.15, -0.1) is 0 Å². The minimum Gasteiger partial charge on any atom is -0.251 e. The molecule has 0 unspecified atom stereocenters. The summed E-state index contributed by atoms with van der Waals surface area (Å²) < 4.78 is 0. The Morgan fingerprint density at radius 1 is 0.524 bits per heavy atom. The molecule has 3 aromatic rings. The van der Waals surface area contributed by atoms with Crippen LogP contribution in [0.5, 0.6) is 0 Å². The first-order valence-electron chi connectivity index (χ1n) is 16.8. The van der Waals surface area contributed by atoms with Crippen molar-refractivity contribution in [2.75, 3.05) is 0 Å². The van der Waals surface area contributed by atoms with Crippen LogP contribution in [-0.2, 0) is 0 Å². The van der Waals surface area contributed by atoms with Gasteiger partial charge in [0.05, 0.1) is 34.2 Å². The Morgan fingerprint density at radius 2 is 0.881 bits per heavy atom. The number of nitrogens with zero attached hydrogens (tertiary/aromatic N) is 3. The van der Waals surface area contributed by atoms with Crippen molar-refractivity contribution in [3.63, 3.8) is 0 Å². The molecular formula is C39H51N3. The zero-order valence-corrected chi connectivity index (χ0v) is 26.6. The minimum absolute atomic E-state index is 0.603. The van der Waals surface area contributed by atoms with Gasteiger partial charge in [-0.25, -0.2) is 4.98 Å². The van der Waals surface area contributed by atoms with Crippen LogP contribution in [0.4, 0.5) is 11.4 Å². The average molecular weight is 562 g/mol. The molecule has 2 aliphatic rings. The fourth-order valence-electron chi connectivity index (χ4n) is 7.15. The molecule has 3 heteroatoms. The predicted octanol–water partition coefficient (Wildman–Crippen LogP) is 11.6. The second-order valence-corrected chi connectivity index (χ2v) is 12.9. The molecule has 0 spiro atoms. The molecule has 5 rings (SSSR count). The molecule has 222 valence electrons. The zero-order valence-electron chi connectivity index (χ0n) is 26.6.